The standard InChI is InChI=1S/C28H26N2O3/c1-31-17-12-13-20(23(15-17)32-2)25-24-18-8-4-3-7-16(18)11-14-22(24)33-28-26(25)27(29)19-9-5-6-10-21(19)30-28/h3-4,7-8,11-15,25H,5-6,9-10H2,1-2H3,(H2,29,30). The fourth-order valence-electron chi connectivity index (χ4n) is 5.40. The van der Waals surface area contributed by atoms with Gasteiger partial charge in [0.15, 0.2) is 0 Å². The molecule has 166 valence electrons. The number of nitrogens with zero attached hydrogens (tertiary/aromatic N) is 1. The van der Waals surface area contributed by atoms with E-state index in [1.54, 1.807) is 14.2 Å². The molecule has 1 aliphatic heterocycles. The number of nitrogen functional groups attached to an aromatic ring is 1. The first kappa shape index (κ1) is 19.9. The molecule has 2 aliphatic rings. The van der Waals surface area contributed by atoms with Gasteiger partial charge in [0, 0.05) is 34.5 Å². The number of aryl methyl sites for hydroxylation is 1. The number of nitrogens with two attached hydrogens (primary N) is 1. The van der Waals surface area contributed by atoms with Crippen molar-refractivity contribution in [1.82, 2.24) is 4.98 Å². The van der Waals surface area contributed by atoms with Crippen LogP contribution in [0, 0.1) is 0 Å². The third kappa shape index (κ3) is 3.03. The lowest BCUT2D eigenvalue weighted by atomic mass is 9.78. The van der Waals surface area contributed by atoms with E-state index in [9.17, 15) is 0 Å². The minimum absolute atomic E-state index is 0.171. The van der Waals surface area contributed by atoms with Crippen LogP contribution in [0.3, 0.4) is 0 Å². The van der Waals surface area contributed by atoms with Crippen molar-refractivity contribution in [2.75, 3.05) is 20.0 Å². The molecule has 4 aromatic rings. The Labute approximate surface area is 193 Å². The van der Waals surface area contributed by atoms with Gasteiger partial charge in [-0.2, -0.15) is 0 Å². The van der Waals surface area contributed by atoms with E-state index in [4.69, 9.17) is 24.9 Å². The van der Waals surface area contributed by atoms with Gasteiger partial charge in [0.1, 0.15) is 17.2 Å². The first-order chi connectivity index (χ1) is 16.2. The zero-order chi connectivity index (χ0) is 22.5. The van der Waals surface area contributed by atoms with E-state index in [2.05, 4.69) is 36.4 Å². The number of rotatable bonds is 3. The average molecular weight is 439 g/mol. The van der Waals surface area contributed by atoms with Crippen LogP contribution in [-0.2, 0) is 12.8 Å². The van der Waals surface area contributed by atoms with Gasteiger partial charge in [-0.05, 0) is 54.2 Å². The zero-order valence-corrected chi connectivity index (χ0v) is 18.9. The summed E-state index contributed by atoms with van der Waals surface area (Å²) in [7, 11) is 3.35. The quantitative estimate of drug-likeness (QED) is 0.374. The summed E-state index contributed by atoms with van der Waals surface area (Å²) in [5.41, 5.74) is 13.0. The van der Waals surface area contributed by atoms with Crippen LogP contribution in [0.1, 0.15) is 46.7 Å². The molecule has 0 bridgehead atoms. The Morgan fingerprint density at radius 1 is 0.939 bits per heavy atom. The number of fused-ring (bicyclic) bond motifs is 5. The molecule has 33 heavy (non-hydrogen) atoms. The largest absolute Gasteiger partial charge is 0.497 e. The maximum Gasteiger partial charge on any atom is 0.225 e. The van der Waals surface area contributed by atoms with Crippen LogP contribution in [0.5, 0.6) is 23.1 Å². The molecule has 0 radical (unpaired) electrons. The van der Waals surface area contributed by atoms with Crippen molar-refractivity contribution in [3.05, 3.63) is 82.5 Å². The highest BCUT2D eigenvalue weighted by Crippen LogP contribution is 2.54. The normalized spacial score (nSPS) is 16.4. The number of methoxy groups -OCH3 is 2. The van der Waals surface area contributed by atoms with Crippen molar-refractivity contribution in [2.24, 2.45) is 0 Å². The van der Waals surface area contributed by atoms with Crippen molar-refractivity contribution in [2.45, 2.75) is 31.6 Å². The van der Waals surface area contributed by atoms with Gasteiger partial charge in [-0.25, -0.2) is 4.98 Å². The van der Waals surface area contributed by atoms with Crippen LogP contribution >= 0.6 is 0 Å². The summed E-state index contributed by atoms with van der Waals surface area (Å²) in [5, 5.41) is 2.30. The molecule has 2 N–H and O–H groups in total. The highest BCUT2D eigenvalue weighted by atomic mass is 16.5. The van der Waals surface area contributed by atoms with Gasteiger partial charge < -0.3 is 19.9 Å². The van der Waals surface area contributed by atoms with Crippen LogP contribution < -0.4 is 19.9 Å². The number of anilines is 1. The molecule has 0 saturated heterocycles. The van der Waals surface area contributed by atoms with Crippen molar-refractivity contribution in [3.8, 4) is 23.1 Å². The summed E-state index contributed by atoms with van der Waals surface area (Å²) in [4.78, 5) is 4.99. The number of pyridine rings is 1. The molecule has 6 rings (SSSR count). The van der Waals surface area contributed by atoms with E-state index in [0.29, 0.717) is 5.88 Å². The zero-order valence-electron chi connectivity index (χ0n) is 18.9. The molecule has 5 nitrogen and oxygen atoms in total. The van der Waals surface area contributed by atoms with E-state index in [1.165, 1.54) is 5.56 Å². The fraction of sp³-hybridized carbons (Fsp3) is 0.250. The minimum Gasteiger partial charge on any atom is -0.497 e. The molecular formula is C28H26N2O3. The minimum atomic E-state index is -0.171. The highest BCUT2D eigenvalue weighted by molar-refractivity contribution is 5.91. The van der Waals surface area contributed by atoms with Crippen molar-refractivity contribution in [1.29, 1.82) is 0 Å². The van der Waals surface area contributed by atoms with Crippen LogP contribution in [-0.4, -0.2) is 19.2 Å². The maximum atomic E-state index is 6.92. The van der Waals surface area contributed by atoms with Gasteiger partial charge >= 0.3 is 0 Å². The second-order valence-corrected chi connectivity index (χ2v) is 8.72. The van der Waals surface area contributed by atoms with Gasteiger partial charge in [0.05, 0.1) is 19.8 Å². The third-order valence-electron chi connectivity index (χ3n) is 6.99. The van der Waals surface area contributed by atoms with E-state index in [1.807, 2.05) is 18.2 Å². The van der Waals surface area contributed by atoms with E-state index in [-0.39, 0.29) is 5.92 Å². The van der Waals surface area contributed by atoms with Gasteiger partial charge in [0.2, 0.25) is 5.88 Å². The van der Waals surface area contributed by atoms with Gasteiger partial charge in [-0.3, -0.25) is 0 Å². The lowest BCUT2D eigenvalue weighted by Crippen LogP contribution is -2.20. The molecule has 1 atom stereocenters. The molecule has 1 aliphatic carbocycles. The molecule has 5 heteroatoms. The molecule has 1 unspecified atom stereocenters. The maximum absolute atomic E-state index is 6.92. The Morgan fingerprint density at radius 3 is 2.64 bits per heavy atom. The topological polar surface area (TPSA) is 66.6 Å². The highest BCUT2D eigenvalue weighted by Gasteiger charge is 2.37. The van der Waals surface area contributed by atoms with Crippen molar-refractivity contribution in [3.63, 3.8) is 0 Å². The number of aromatic nitrogens is 1. The molecule has 3 aromatic carbocycles. The molecule has 0 saturated carbocycles. The first-order valence-electron chi connectivity index (χ1n) is 11.4. The predicted octanol–water partition coefficient (Wildman–Crippen LogP) is 6.00. The second-order valence-electron chi connectivity index (χ2n) is 8.72. The third-order valence-corrected chi connectivity index (χ3v) is 6.99. The Bertz CT molecular complexity index is 1400. The van der Waals surface area contributed by atoms with Crippen molar-refractivity contribution >= 4 is 16.5 Å². The number of ether oxygens (including phenoxy) is 3. The van der Waals surface area contributed by atoms with Crippen molar-refractivity contribution < 1.29 is 14.2 Å². The van der Waals surface area contributed by atoms with Gasteiger partial charge in [0.25, 0.3) is 0 Å². The summed E-state index contributed by atoms with van der Waals surface area (Å²) in [5.74, 6) is 2.75. The molecule has 0 spiro atoms. The summed E-state index contributed by atoms with van der Waals surface area (Å²) in [6.07, 6.45) is 4.16. The lowest BCUT2D eigenvalue weighted by molar-refractivity contribution is 0.388. The summed E-state index contributed by atoms with van der Waals surface area (Å²) in [6, 6.07) is 18.5. The van der Waals surface area contributed by atoms with Crippen LogP contribution in [0.2, 0.25) is 0 Å². The Kier molecular flexibility index (Phi) is 4.64. The molecule has 1 aromatic heterocycles. The predicted molar refractivity (Wildman–Crippen MR) is 130 cm³/mol. The second kappa shape index (κ2) is 7.69. The Morgan fingerprint density at radius 2 is 1.79 bits per heavy atom. The lowest BCUT2D eigenvalue weighted by Gasteiger charge is -2.33. The molecule has 2 heterocycles. The van der Waals surface area contributed by atoms with Crippen LogP contribution in [0.15, 0.2) is 54.6 Å². The van der Waals surface area contributed by atoms with E-state index >= 15 is 0 Å². The van der Waals surface area contributed by atoms with Gasteiger partial charge in [-0.1, -0.05) is 36.4 Å². The number of hydrogen-bond donors (Lipinski definition) is 1. The number of benzene rings is 3. The molecule has 0 fully saturated rings. The van der Waals surface area contributed by atoms with Gasteiger partial charge in [-0.15, -0.1) is 0 Å². The Hall–Kier alpha value is -3.73. The first-order valence-corrected chi connectivity index (χ1v) is 11.4. The number of hydrogen-bond acceptors (Lipinski definition) is 5. The smallest absolute Gasteiger partial charge is 0.225 e. The monoisotopic (exact) mass is 438 g/mol. The molecular weight excluding hydrogens is 412 g/mol. The average Bonchev–Trinajstić information content (AvgIpc) is 2.87. The SMILES string of the molecule is COc1ccc(C2c3c(nc4c(c3N)CCCC4)Oc3ccc4ccccc4c32)c(OC)c1. The Balaban J connectivity index is 1.70. The summed E-state index contributed by atoms with van der Waals surface area (Å²) < 4.78 is 17.8. The summed E-state index contributed by atoms with van der Waals surface area (Å²) in [6.45, 7) is 0. The summed E-state index contributed by atoms with van der Waals surface area (Å²) >= 11 is 0. The van der Waals surface area contributed by atoms with Crippen LogP contribution in [0.25, 0.3) is 10.8 Å². The fourth-order valence-corrected chi connectivity index (χ4v) is 5.40. The van der Waals surface area contributed by atoms with Crippen LogP contribution in [0.4, 0.5) is 5.69 Å². The van der Waals surface area contributed by atoms with E-state index < -0.39 is 0 Å². The van der Waals surface area contributed by atoms with E-state index in [0.717, 1.165) is 81.8 Å². The molecule has 0 amide bonds.